The number of methoxy groups -OCH3 is 1. The number of benzene rings is 1. The summed E-state index contributed by atoms with van der Waals surface area (Å²) in [5, 5.41) is 9.48. The van der Waals surface area contributed by atoms with Gasteiger partial charge in [-0.1, -0.05) is 6.07 Å². The lowest BCUT2D eigenvalue weighted by molar-refractivity contribution is -0.189. The zero-order valence-corrected chi connectivity index (χ0v) is 10.3. The third kappa shape index (κ3) is 3.17. The Morgan fingerprint density at radius 2 is 2.11 bits per heavy atom. The van der Waals surface area contributed by atoms with Crippen molar-refractivity contribution in [2.45, 2.75) is 19.0 Å². The molecule has 1 atom stereocenters. The summed E-state index contributed by atoms with van der Waals surface area (Å²) in [5.74, 6) is -7.09. The van der Waals surface area contributed by atoms with Crippen molar-refractivity contribution in [2.24, 2.45) is 0 Å². The molecule has 0 bridgehead atoms. The summed E-state index contributed by atoms with van der Waals surface area (Å²) in [6.07, 6.45) is -2.49. The molecule has 0 aliphatic heterocycles. The van der Waals surface area contributed by atoms with Crippen LogP contribution >= 0.6 is 0 Å². The van der Waals surface area contributed by atoms with Gasteiger partial charge >= 0.3 is 11.9 Å². The van der Waals surface area contributed by atoms with Crippen molar-refractivity contribution in [3.63, 3.8) is 0 Å². The second kappa shape index (κ2) is 5.92. The number of aliphatic hydroxyl groups excluding tert-OH is 1. The van der Waals surface area contributed by atoms with E-state index in [9.17, 15) is 23.1 Å². The van der Waals surface area contributed by atoms with E-state index in [1.54, 1.807) is 0 Å². The Kier molecular flexibility index (Phi) is 4.77. The molecular formula is C12H13F3O4. The maximum Gasteiger partial charge on any atom is 0.380 e. The van der Waals surface area contributed by atoms with Gasteiger partial charge in [0.15, 0.2) is 17.7 Å². The molecule has 0 saturated carbocycles. The first-order valence-corrected chi connectivity index (χ1v) is 5.41. The minimum Gasteiger partial charge on any atom is -0.494 e. The highest BCUT2D eigenvalue weighted by molar-refractivity contribution is 5.78. The Hall–Kier alpha value is -1.76. The predicted octanol–water partition coefficient (Wildman–Crippen LogP) is 2.07. The molecule has 0 aromatic heterocycles. The first-order valence-electron chi connectivity index (χ1n) is 5.41. The molecule has 7 heteroatoms. The molecule has 0 fully saturated rings. The predicted molar refractivity (Wildman–Crippen MR) is 59.5 cm³/mol. The van der Waals surface area contributed by atoms with Crippen molar-refractivity contribution >= 4 is 5.97 Å². The molecule has 106 valence electrons. The van der Waals surface area contributed by atoms with Gasteiger partial charge in [-0.2, -0.15) is 8.78 Å². The van der Waals surface area contributed by atoms with Crippen molar-refractivity contribution in [1.29, 1.82) is 0 Å². The molecule has 4 nitrogen and oxygen atoms in total. The minimum absolute atomic E-state index is 0.157. The van der Waals surface area contributed by atoms with Crippen LogP contribution in [0.4, 0.5) is 13.2 Å². The van der Waals surface area contributed by atoms with Crippen molar-refractivity contribution in [3.8, 4) is 5.75 Å². The Labute approximate surface area is 107 Å². The summed E-state index contributed by atoms with van der Waals surface area (Å²) in [6, 6.07) is 2.80. The first kappa shape index (κ1) is 15.3. The molecule has 0 aliphatic rings. The van der Waals surface area contributed by atoms with Crippen molar-refractivity contribution in [2.75, 3.05) is 13.7 Å². The third-order valence-corrected chi connectivity index (χ3v) is 2.38. The maximum atomic E-state index is 13.5. The van der Waals surface area contributed by atoms with Gasteiger partial charge in [-0.3, -0.25) is 0 Å². The second-order valence-electron chi connectivity index (χ2n) is 3.64. The largest absolute Gasteiger partial charge is 0.494 e. The van der Waals surface area contributed by atoms with Crippen LogP contribution in [0.25, 0.3) is 0 Å². The zero-order chi connectivity index (χ0) is 14.6. The van der Waals surface area contributed by atoms with E-state index in [1.165, 1.54) is 14.0 Å². The SMILES string of the molecule is CCOC(=O)C(F)(F)C(O)c1ccc(OC)c(F)c1. The normalized spacial score (nSPS) is 12.9. The molecule has 0 saturated heterocycles. The maximum absolute atomic E-state index is 13.5. The lowest BCUT2D eigenvalue weighted by Crippen LogP contribution is -2.37. The molecule has 0 amide bonds. The fourth-order valence-electron chi connectivity index (χ4n) is 1.40. The number of halogens is 3. The molecule has 1 N–H and O–H groups in total. The third-order valence-electron chi connectivity index (χ3n) is 2.38. The molecule has 0 spiro atoms. The van der Waals surface area contributed by atoms with Gasteiger partial charge in [0.25, 0.3) is 0 Å². The van der Waals surface area contributed by atoms with Gasteiger partial charge in [-0.25, -0.2) is 9.18 Å². The van der Waals surface area contributed by atoms with Crippen LogP contribution in [0.1, 0.15) is 18.6 Å². The van der Waals surface area contributed by atoms with E-state index in [0.717, 1.165) is 12.1 Å². The van der Waals surface area contributed by atoms with Crippen LogP contribution in [0, 0.1) is 5.82 Å². The van der Waals surface area contributed by atoms with Crippen LogP contribution in [0.5, 0.6) is 5.75 Å². The molecule has 1 aromatic rings. The fourth-order valence-corrected chi connectivity index (χ4v) is 1.40. The standard InChI is InChI=1S/C12H13F3O4/c1-3-19-11(17)12(14,15)10(16)7-4-5-9(18-2)8(13)6-7/h4-6,10,16H,3H2,1-2H3. The molecule has 1 aromatic carbocycles. The van der Waals surface area contributed by atoms with Crippen molar-refractivity contribution < 1.29 is 32.5 Å². The highest BCUT2D eigenvalue weighted by atomic mass is 19.3. The van der Waals surface area contributed by atoms with Crippen LogP contribution in [-0.4, -0.2) is 30.7 Å². The quantitative estimate of drug-likeness (QED) is 0.838. The smallest absolute Gasteiger partial charge is 0.380 e. The van der Waals surface area contributed by atoms with E-state index >= 15 is 0 Å². The van der Waals surface area contributed by atoms with E-state index in [1.807, 2.05) is 0 Å². The number of hydrogen-bond donors (Lipinski definition) is 1. The molecule has 0 radical (unpaired) electrons. The van der Waals surface area contributed by atoms with Gasteiger partial charge < -0.3 is 14.6 Å². The van der Waals surface area contributed by atoms with E-state index in [4.69, 9.17) is 0 Å². The van der Waals surface area contributed by atoms with E-state index in [0.29, 0.717) is 6.07 Å². The zero-order valence-electron chi connectivity index (χ0n) is 10.3. The number of carbonyl (C=O) groups is 1. The van der Waals surface area contributed by atoms with Gasteiger partial charge in [-0.15, -0.1) is 0 Å². The average Bonchev–Trinajstić information content (AvgIpc) is 2.37. The molecule has 1 unspecified atom stereocenters. The lowest BCUT2D eigenvalue weighted by Gasteiger charge is -2.21. The van der Waals surface area contributed by atoms with Gasteiger partial charge in [0.1, 0.15) is 0 Å². The van der Waals surface area contributed by atoms with Crippen molar-refractivity contribution in [3.05, 3.63) is 29.6 Å². The van der Waals surface area contributed by atoms with Gasteiger partial charge in [0.05, 0.1) is 13.7 Å². The van der Waals surface area contributed by atoms with Crippen LogP contribution in [0.15, 0.2) is 18.2 Å². The number of hydrogen-bond acceptors (Lipinski definition) is 4. The number of ether oxygens (including phenoxy) is 2. The summed E-state index contributed by atoms with van der Waals surface area (Å²) in [7, 11) is 1.21. The summed E-state index contributed by atoms with van der Waals surface area (Å²) >= 11 is 0. The number of rotatable bonds is 5. The summed E-state index contributed by atoms with van der Waals surface area (Å²) in [5.41, 5.74) is -0.448. The number of carbonyl (C=O) groups excluding carboxylic acids is 1. The van der Waals surface area contributed by atoms with Crippen LogP contribution in [0.2, 0.25) is 0 Å². The van der Waals surface area contributed by atoms with Gasteiger partial charge in [-0.05, 0) is 24.6 Å². The van der Waals surface area contributed by atoms with Gasteiger partial charge in [0, 0.05) is 0 Å². The first-order chi connectivity index (χ1) is 8.84. The lowest BCUT2D eigenvalue weighted by atomic mass is 10.0. The van der Waals surface area contributed by atoms with Crippen molar-refractivity contribution in [1.82, 2.24) is 0 Å². The average molecular weight is 278 g/mol. The topological polar surface area (TPSA) is 55.8 Å². The Balaban J connectivity index is 3.02. The van der Waals surface area contributed by atoms with Crippen LogP contribution < -0.4 is 4.74 Å². The molecule has 0 aliphatic carbocycles. The molecule has 19 heavy (non-hydrogen) atoms. The summed E-state index contributed by atoms with van der Waals surface area (Å²) in [4.78, 5) is 11.0. The molecular weight excluding hydrogens is 265 g/mol. The van der Waals surface area contributed by atoms with Crippen LogP contribution in [0.3, 0.4) is 0 Å². The number of esters is 1. The summed E-state index contributed by atoms with van der Waals surface area (Å²) in [6.45, 7) is 1.10. The van der Waals surface area contributed by atoms with E-state index in [2.05, 4.69) is 9.47 Å². The number of aliphatic hydroxyl groups is 1. The minimum atomic E-state index is -4.16. The van der Waals surface area contributed by atoms with Gasteiger partial charge in [0.2, 0.25) is 0 Å². The number of alkyl halides is 2. The second-order valence-corrected chi connectivity index (χ2v) is 3.64. The fraction of sp³-hybridized carbons (Fsp3) is 0.417. The Morgan fingerprint density at radius 1 is 1.47 bits per heavy atom. The summed E-state index contributed by atoms with van der Waals surface area (Å²) < 4.78 is 49.2. The van der Waals surface area contributed by atoms with E-state index < -0.39 is 29.4 Å². The van der Waals surface area contributed by atoms with E-state index in [-0.39, 0.29) is 12.4 Å². The Morgan fingerprint density at radius 3 is 2.58 bits per heavy atom. The monoisotopic (exact) mass is 278 g/mol. The molecule has 1 rings (SSSR count). The highest BCUT2D eigenvalue weighted by Gasteiger charge is 2.49. The molecule has 0 heterocycles. The Bertz CT molecular complexity index is 462. The highest BCUT2D eigenvalue weighted by Crippen LogP contribution is 2.34. The van der Waals surface area contributed by atoms with Crippen LogP contribution in [-0.2, 0) is 9.53 Å².